The van der Waals surface area contributed by atoms with Crippen molar-refractivity contribution < 1.29 is 13.9 Å². The van der Waals surface area contributed by atoms with Crippen molar-refractivity contribution in [1.82, 2.24) is 0 Å². The summed E-state index contributed by atoms with van der Waals surface area (Å²) in [4.78, 5) is 0. The monoisotopic (exact) mass is 262 g/mol. The molecule has 0 unspecified atom stereocenters. The molecule has 1 aliphatic rings. The Balaban J connectivity index is 2.26. The summed E-state index contributed by atoms with van der Waals surface area (Å²) >= 11 is 2.80. The predicted molar refractivity (Wildman–Crippen MR) is 51.9 cm³/mol. The van der Waals surface area contributed by atoms with E-state index in [1.807, 2.05) is 0 Å². The summed E-state index contributed by atoms with van der Waals surface area (Å²) in [5.74, 6) is -1.24. The van der Waals surface area contributed by atoms with Crippen molar-refractivity contribution in [2.45, 2.75) is 24.9 Å². The first-order chi connectivity index (χ1) is 6.50. The van der Waals surface area contributed by atoms with Crippen LogP contribution < -0.4 is 0 Å². The third kappa shape index (κ3) is 1.96. The summed E-state index contributed by atoms with van der Waals surface area (Å²) in [6, 6.07) is 2.51. The molecule has 1 nitrogen and oxygen atoms in total. The molecule has 0 spiro atoms. The molecular formula is C10H9BrF2O. The van der Waals surface area contributed by atoms with E-state index in [0.717, 1.165) is 0 Å². The Kier molecular flexibility index (Phi) is 2.35. The van der Waals surface area contributed by atoms with Gasteiger partial charge in [-0.15, -0.1) is 0 Å². The molecule has 1 fully saturated rings. The van der Waals surface area contributed by atoms with Gasteiger partial charge in [-0.3, -0.25) is 0 Å². The number of hydrogen-bond donors (Lipinski definition) is 1. The van der Waals surface area contributed by atoms with Crippen molar-refractivity contribution in [3.8, 4) is 0 Å². The second kappa shape index (κ2) is 3.28. The molecule has 0 radical (unpaired) electrons. The van der Waals surface area contributed by atoms with Crippen LogP contribution in [0.5, 0.6) is 0 Å². The Morgan fingerprint density at radius 1 is 1.29 bits per heavy atom. The summed E-state index contributed by atoms with van der Waals surface area (Å²) < 4.78 is 26.0. The van der Waals surface area contributed by atoms with E-state index in [9.17, 15) is 13.9 Å². The van der Waals surface area contributed by atoms with Gasteiger partial charge in [-0.05, 0) is 46.5 Å². The Bertz CT molecular complexity index is 351. The average molecular weight is 263 g/mol. The van der Waals surface area contributed by atoms with Gasteiger partial charge in [0.05, 0.1) is 10.1 Å². The summed E-state index contributed by atoms with van der Waals surface area (Å²) in [6.07, 6.45) is 1.76. The van der Waals surface area contributed by atoms with E-state index in [0.29, 0.717) is 24.8 Å². The van der Waals surface area contributed by atoms with Crippen LogP contribution in [0.2, 0.25) is 0 Å². The molecule has 1 aliphatic carbocycles. The molecule has 0 heterocycles. The van der Waals surface area contributed by atoms with E-state index >= 15 is 0 Å². The van der Waals surface area contributed by atoms with E-state index in [1.54, 1.807) is 0 Å². The first-order valence-electron chi connectivity index (χ1n) is 4.36. The van der Waals surface area contributed by atoms with Crippen LogP contribution in [-0.4, -0.2) is 10.7 Å². The molecule has 0 aliphatic heterocycles. The molecule has 0 amide bonds. The quantitative estimate of drug-likeness (QED) is 0.813. The summed E-state index contributed by atoms with van der Waals surface area (Å²) in [6.45, 7) is 0. The number of aliphatic hydroxyl groups is 1. The summed E-state index contributed by atoms with van der Waals surface area (Å²) in [5, 5.41) is 9.58. The Hall–Kier alpha value is -0.480. The van der Waals surface area contributed by atoms with Gasteiger partial charge in [0, 0.05) is 6.42 Å². The van der Waals surface area contributed by atoms with Crippen molar-refractivity contribution in [3.05, 3.63) is 33.8 Å². The number of rotatable bonds is 2. The fourth-order valence-corrected chi connectivity index (χ4v) is 1.64. The highest BCUT2D eigenvalue weighted by Gasteiger charge is 2.40. The van der Waals surface area contributed by atoms with Gasteiger partial charge >= 0.3 is 0 Å². The smallest absolute Gasteiger partial charge is 0.140 e. The lowest BCUT2D eigenvalue weighted by Gasteiger charge is -2.08. The van der Waals surface area contributed by atoms with Crippen LogP contribution in [0.1, 0.15) is 18.4 Å². The van der Waals surface area contributed by atoms with Gasteiger partial charge in [0.1, 0.15) is 11.6 Å². The molecule has 0 bridgehead atoms. The topological polar surface area (TPSA) is 20.2 Å². The van der Waals surface area contributed by atoms with Crippen LogP contribution in [0.25, 0.3) is 0 Å². The van der Waals surface area contributed by atoms with Crippen molar-refractivity contribution in [2.24, 2.45) is 0 Å². The molecule has 1 aromatic rings. The summed E-state index contributed by atoms with van der Waals surface area (Å²) in [7, 11) is 0. The summed E-state index contributed by atoms with van der Waals surface area (Å²) in [5.41, 5.74) is -0.213. The lowest BCUT2D eigenvalue weighted by Crippen LogP contribution is -2.11. The zero-order valence-corrected chi connectivity index (χ0v) is 8.94. The molecule has 0 saturated heterocycles. The Labute approximate surface area is 88.9 Å². The first kappa shape index (κ1) is 10.1. The molecule has 0 atom stereocenters. The highest BCUT2D eigenvalue weighted by atomic mass is 79.9. The SMILES string of the molecule is OC1(Cc2cc(F)c(Br)c(F)c2)CC1. The van der Waals surface area contributed by atoms with Crippen molar-refractivity contribution in [1.29, 1.82) is 0 Å². The minimum atomic E-state index is -0.716. The predicted octanol–water partition coefficient (Wildman–Crippen LogP) is 2.79. The van der Waals surface area contributed by atoms with Gasteiger partial charge < -0.3 is 5.11 Å². The minimum absolute atomic E-state index is 0.149. The van der Waals surface area contributed by atoms with Gasteiger partial charge in [0.25, 0.3) is 0 Å². The standard InChI is InChI=1S/C10H9BrF2O/c11-9-7(12)3-6(4-8(9)13)5-10(14)1-2-10/h3-4,14H,1-2,5H2. The third-order valence-electron chi connectivity index (χ3n) is 2.40. The molecule has 2 rings (SSSR count). The van der Waals surface area contributed by atoms with E-state index in [-0.39, 0.29) is 4.47 Å². The van der Waals surface area contributed by atoms with E-state index < -0.39 is 17.2 Å². The van der Waals surface area contributed by atoms with Gasteiger partial charge in [-0.2, -0.15) is 0 Å². The minimum Gasteiger partial charge on any atom is -0.390 e. The van der Waals surface area contributed by atoms with Gasteiger partial charge in [-0.1, -0.05) is 0 Å². The molecule has 4 heteroatoms. The molecule has 1 saturated carbocycles. The van der Waals surface area contributed by atoms with Gasteiger partial charge in [0.15, 0.2) is 0 Å². The maximum absolute atomic E-state index is 13.1. The van der Waals surface area contributed by atoms with Crippen molar-refractivity contribution >= 4 is 15.9 Å². The molecular weight excluding hydrogens is 254 g/mol. The van der Waals surface area contributed by atoms with Gasteiger partial charge in [0.2, 0.25) is 0 Å². The van der Waals surface area contributed by atoms with Crippen LogP contribution in [0.15, 0.2) is 16.6 Å². The van der Waals surface area contributed by atoms with Crippen molar-refractivity contribution in [2.75, 3.05) is 0 Å². The molecule has 76 valence electrons. The van der Waals surface area contributed by atoms with Crippen LogP contribution in [0, 0.1) is 11.6 Å². The third-order valence-corrected chi connectivity index (χ3v) is 3.16. The zero-order valence-electron chi connectivity index (χ0n) is 7.36. The largest absolute Gasteiger partial charge is 0.390 e. The second-order valence-corrected chi connectivity index (χ2v) is 4.57. The van der Waals surface area contributed by atoms with Crippen LogP contribution in [-0.2, 0) is 6.42 Å². The highest BCUT2D eigenvalue weighted by Crippen LogP contribution is 2.38. The lowest BCUT2D eigenvalue weighted by molar-refractivity contribution is 0.151. The fraction of sp³-hybridized carbons (Fsp3) is 0.400. The first-order valence-corrected chi connectivity index (χ1v) is 5.15. The maximum atomic E-state index is 13.1. The Morgan fingerprint density at radius 2 is 1.79 bits per heavy atom. The highest BCUT2D eigenvalue weighted by molar-refractivity contribution is 9.10. The van der Waals surface area contributed by atoms with Gasteiger partial charge in [-0.25, -0.2) is 8.78 Å². The normalized spacial score (nSPS) is 18.3. The fourth-order valence-electron chi connectivity index (χ4n) is 1.41. The number of benzene rings is 1. The molecule has 14 heavy (non-hydrogen) atoms. The average Bonchev–Trinajstić information content (AvgIpc) is 2.79. The van der Waals surface area contributed by atoms with E-state index in [2.05, 4.69) is 15.9 Å². The molecule has 1 aromatic carbocycles. The number of hydrogen-bond acceptors (Lipinski definition) is 1. The molecule has 1 N–H and O–H groups in total. The van der Waals surface area contributed by atoms with E-state index in [4.69, 9.17) is 0 Å². The Morgan fingerprint density at radius 3 is 2.21 bits per heavy atom. The zero-order chi connectivity index (χ0) is 10.3. The van der Waals surface area contributed by atoms with Crippen LogP contribution >= 0.6 is 15.9 Å². The van der Waals surface area contributed by atoms with Crippen LogP contribution in [0.4, 0.5) is 8.78 Å². The maximum Gasteiger partial charge on any atom is 0.140 e. The second-order valence-electron chi connectivity index (χ2n) is 3.77. The van der Waals surface area contributed by atoms with E-state index in [1.165, 1.54) is 12.1 Å². The van der Waals surface area contributed by atoms with Crippen LogP contribution in [0.3, 0.4) is 0 Å². The number of halogens is 3. The molecule has 0 aromatic heterocycles. The van der Waals surface area contributed by atoms with Crippen molar-refractivity contribution in [3.63, 3.8) is 0 Å². The lowest BCUT2D eigenvalue weighted by atomic mass is 10.1.